The number of para-hydroxylation sites is 2. The van der Waals surface area contributed by atoms with Crippen LogP contribution in [0.3, 0.4) is 0 Å². The standard InChI is InChI=1S/C82H56N2OS/c1-79(2)63-27-8-12-31-67(63)82(68-32-13-9-28-64(68)79)61-26-7-5-23-58(61)76-56(24-19-35-71(76)82)54-20-18-21-55(47-54)78-84-73-46-50(38-45-75(73)86-78)49-80(3)65-29-10-14-33-69(65)81(70-34-15-11-30-66(70)80)60-25-6-4-22-57(60)59-48-53(43-44-62(59)81)51-39-41-52(42-40-51)77-83-72-36-16-17-37-74(72)85-77/h4-48H,49H2,1-3H3. The van der Waals surface area contributed by atoms with Crippen LogP contribution in [0.2, 0.25) is 0 Å². The molecule has 0 saturated carbocycles. The Morgan fingerprint density at radius 1 is 0.337 bits per heavy atom. The molecular formula is C82H56N2OS. The Morgan fingerprint density at radius 3 is 1.55 bits per heavy atom. The van der Waals surface area contributed by atoms with Gasteiger partial charge in [0, 0.05) is 22.0 Å². The molecule has 0 bridgehead atoms. The number of fused-ring (bicyclic) bond motifs is 20. The highest BCUT2D eigenvalue weighted by molar-refractivity contribution is 7.21. The normalized spacial score (nSPS) is 16.5. The summed E-state index contributed by atoms with van der Waals surface area (Å²) in [6.45, 7) is 7.26. The van der Waals surface area contributed by atoms with E-state index in [1.165, 1.54) is 116 Å². The monoisotopic (exact) mass is 1120 g/mol. The van der Waals surface area contributed by atoms with E-state index < -0.39 is 10.8 Å². The van der Waals surface area contributed by atoms with Crippen molar-refractivity contribution in [1.29, 1.82) is 0 Å². The molecule has 2 spiro atoms. The molecule has 4 aliphatic carbocycles. The molecule has 0 amide bonds. The number of thiazole rings is 1. The minimum atomic E-state index is -0.509. The highest BCUT2D eigenvalue weighted by Crippen LogP contribution is 2.65. The smallest absolute Gasteiger partial charge is 0.227 e. The first-order valence-electron chi connectivity index (χ1n) is 30.1. The van der Waals surface area contributed by atoms with Crippen LogP contribution in [-0.2, 0) is 28.1 Å². The average Bonchev–Trinajstić information content (AvgIpc) is 1.51. The van der Waals surface area contributed by atoms with Crippen LogP contribution in [0.1, 0.15) is 93.1 Å². The van der Waals surface area contributed by atoms with E-state index in [2.05, 4.69) is 269 Å². The molecule has 0 N–H and O–H groups in total. The van der Waals surface area contributed by atoms with E-state index in [1.54, 1.807) is 11.3 Å². The molecule has 18 rings (SSSR count). The fraction of sp³-hybridized carbons (Fsp3) is 0.0976. The Balaban J connectivity index is 0.703. The lowest BCUT2D eigenvalue weighted by Crippen LogP contribution is -2.43. The minimum absolute atomic E-state index is 0.148. The fourth-order valence-electron chi connectivity index (χ4n) is 16.5. The zero-order valence-electron chi connectivity index (χ0n) is 47.9. The zero-order valence-corrected chi connectivity index (χ0v) is 48.7. The van der Waals surface area contributed by atoms with E-state index in [9.17, 15) is 0 Å². The number of oxazole rings is 1. The van der Waals surface area contributed by atoms with E-state index >= 15 is 0 Å². The number of nitrogens with zero attached hydrogens (tertiary/aromatic N) is 2. The fourth-order valence-corrected chi connectivity index (χ4v) is 17.4. The molecule has 0 unspecified atom stereocenters. The Morgan fingerprint density at radius 2 is 0.849 bits per heavy atom. The largest absolute Gasteiger partial charge is 0.436 e. The van der Waals surface area contributed by atoms with Crippen LogP contribution in [0.15, 0.2) is 277 Å². The molecule has 4 aliphatic rings. The SMILES string of the molecule is CC1(C)c2ccccc2C2(c3ccccc3-c3c(-c4cccc(-c5nc6cc(CC7(C)c8ccccc8C8(c9ccccc9-c9cc(-c%10ccc(-c%11nc%12ccccc%12o%11)cc%10)ccc98)c8ccccc87)ccc6s5)c4)cccc32)c2ccccc21. The summed E-state index contributed by atoms with van der Waals surface area (Å²) in [6, 6.07) is 102. The maximum absolute atomic E-state index is 6.15. The van der Waals surface area contributed by atoms with Crippen molar-refractivity contribution < 1.29 is 4.42 Å². The van der Waals surface area contributed by atoms with Crippen molar-refractivity contribution >= 4 is 32.7 Å². The van der Waals surface area contributed by atoms with Gasteiger partial charge in [-0.2, -0.15) is 0 Å². The Labute approximate surface area is 504 Å². The molecular weight excluding hydrogens is 1060 g/mol. The van der Waals surface area contributed by atoms with Crippen molar-refractivity contribution in [3.8, 4) is 66.5 Å². The Bertz CT molecular complexity index is 5040. The summed E-state index contributed by atoms with van der Waals surface area (Å²) < 4.78 is 7.34. The Hall–Kier alpha value is -10.0. The number of hydrogen-bond donors (Lipinski definition) is 0. The molecule has 0 saturated heterocycles. The molecule has 2 heterocycles. The summed E-state index contributed by atoms with van der Waals surface area (Å²) in [4.78, 5) is 10.3. The zero-order chi connectivity index (χ0) is 57.1. The molecule has 3 nitrogen and oxygen atoms in total. The van der Waals surface area contributed by atoms with E-state index in [1.807, 2.05) is 24.3 Å². The van der Waals surface area contributed by atoms with Gasteiger partial charge in [-0.1, -0.05) is 245 Å². The number of benzene rings is 12. The predicted octanol–water partition coefficient (Wildman–Crippen LogP) is 20.3. The van der Waals surface area contributed by atoms with Crippen LogP contribution < -0.4 is 0 Å². The Kier molecular flexibility index (Phi) is 10.4. The molecule has 406 valence electrons. The minimum Gasteiger partial charge on any atom is -0.436 e. The third-order valence-electron chi connectivity index (χ3n) is 20.2. The lowest BCUT2D eigenvalue weighted by molar-refractivity contribution is 0.514. The second-order valence-corrected chi connectivity index (χ2v) is 25.9. The molecule has 12 aromatic carbocycles. The summed E-state index contributed by atoms with van der Waals surface area (Å²) in [7, 11) is 0. The van der Waals surface area contributed by atoms with Crippen molar-refractivity contribution in [2.75, 3.05) is 0 Å². The molecule has 86 heavy (non-hydrogen) atoms. The summed E-state index contributed by atoms with van der Waals surface area (Å²) >= 11 is 1.78. The van der Waals surface area contributed by atoms with Gasteiger partial charge < -0.3 is 4.42 Å². The topological polar surface area (TPSA) is 38.9 Å². The lowest BCUT2D eigenvalue weighted by Gasteiger charge is -2.48. The van der Waals surface area contributed by atoms with E-state index in [4.69, 9.17) is 14.4 Å². The molecule has 4 heteroatoms. The van der Waals surface area contributed by atoms with Crippen molar-refractivity contribution in [3.63, 3.8) is 0 Å². The van der Waals surface area contributed by atoms with Gasteiger partial charge in [0.1, 0.15) is 10.5 Å². The third kappa shape index (κ3) is 6.62. The molecule has 14 aromatic rings. The second kappa shape index (κ2) is 18.0. The second-order valence-electron chi connectivity index (χ2n) is 24.9. The van der Waals surface area contributed by atoms with Gasteiger partial charge in [-0.15, -0.1) is 11.3 Å². The average molecular weight is 1120 g/mol. The number of hydrogen-bond acceptors (Lipinski definition) is 4. The summed E-state index contributed by atoms with van der Waals surface area (Å²) in [6.07, 6.45) is 0.816. The quantitative estimate of drug-likeness (QED) is 0.167. The third-order valence-corrected chi connectivity index (χ3v) is 21.2. The molecule has 0 fully saturated rings. The predicted molar refractivity (Wildman–Crippen MR) is 352 cm³/mol. The maximum atomic E-state index is 6.15. The van der Waals surface area contributed by atoms with Crippen LogP contribution in [-0.4, -0.2) is 9.97 Å². The lowest BCUT2D eigenvalue weighted by atomic mass is 9.54. The van der Waals surface area contributed by atoms with Gasteiger partial charge in [0.15, 0.2) is 5.58 Å². The molecule has 2 aromatic heterocycles. The van der Waals surface area contributed by atoms with Gasteiger partial charge in [0.2, 0.25) is 5.89 Å². The van der Waals surface area contributed by atoms with Crippen LogP contribution in [0.5, 0.6) is 0 Å². The summed E-state index contributed by atoms with van der Waals surface area (Å²) in [5, 5.41) is 1.03. The van der Waals surface area contributed by atoms with Crippen LogP contribution in [0.4, 0.5) is 0 Å². The van der Waals surface area contributed by atoms with Crippen molar-refractivity contribution in [1.82, 2.24) is 9.97 Å². The first kappa shape index (κ1) is 49.4. The van der Waals surface area contributed by atoms with Crippen molar-refractivity contribution in [3.05, 3.63) is 345 Å². The first-order valence-corrected chi connectivity index (χ1v) is 30.9. The van der Waals surface area contributed by atoms with Crippen LogP contribution >= 0.6 is 11.3 Å². The summed E-state index contributed by atoms with van der Waals surface area (Å²) in [5.74, 6) is 0.633. The maximum Gasteiger partial charge on any atom is 0.227 e. The molecule has 0 radical (unpaired) electrons. The van der Waals surface area contributed by atoms with E-state index in [0.29, 0.717) is 5.89 Å². The van der Waals surface area contributed by atoms with Gasteiger partial charge in [-0.05, 0) is 172 Å². The number of rotatable bonds is 6. The van der Waals surface area contributed by atoms with Crippen molar-refractivity contribution in [2.45, 2.75) is 48.9 Å². The highest BCUT2D eigenvalue weighted by atomic mass is 32.1. The van der Waals surface area contributed by atoms with Gasteiger partial charge in [0.05, 0.1) is 21.0 Å². The van der Waals surface area contributed by atoms with Gasteiger partial charge in [-0.25, -0.2) is 9.97 Å². The van der Waals surface area contributed by atoms with Gasteiger partial charge in [0.25, 0.3) is 0 Å². The molecule has 0 aliphatic heterocycles. The van der Waals surface area contributed by atoms with Crippen LogP contribution in [0, 0.1) is 0 Å². The van der Waals surface area contributed by atoms with Crippen molar-refractivity contribution in [2.24, 2.45) is 0 Å². The highest BCUT2D eigenvalue weighted by Gasteiger charge is 2.56. The van der Waals surface area contributed by atoms with Gasteiger partial charge >= 0.3 is 0 Å². The van der Waals surface area contributed by atoms with Crippen LogP contribution in [0.25, 0.3) is 87.8 Å². The number of aromatic nitrogens is 2. The van der Waals surface area contributed by atoms with Gasteiger partial charge in [-0.3, -0.25) is 0 Å². The van der Waals surface area contributed by atoms with E-state index in [-0.39, 0.29) is 10.8 Å². The van der Waals surface area contributed by atoms with E-state index in [0.717, 1.165) is 44.7 Å². The summed E-state index contributed by atoms with van der Waals surface area (Å²) in [5.41, 5.74) is 30.8. The first-order chi connectivity index (χ1) is 42.2. The molecule has 0 atom stereocenters.